The quantitative estimate of drug-likeness (QED) is 0.114. The summed E-state index contributed by atoms with van der Waals surface area (Å²) in [6.07, 6.45) is 9.11. The highest BCUT2D eigenvalue weighted by atomic mass is 28.4. The molecule has 5 nitrogen and oxygen atoms in total. The van der Waals surface area contributed by atoms with Gasteiger partial charge in [-0.25, -0.2) is 0 Å². The summed E-state index contributed by atoms with van der Waals surface area (Å²) < 4.78 is 29.6. The van der Waals surface area contributed by atoms with Crippen LogP contribution >= 0.6 is 0 Å². The lowest BCUT2D eigenvalue weighted by Gasteiger charge is -2.49. The standard InChI is InChI=1S/C50H82O5Si3/c1-36(35-52-56(13,14)47(3,4)5)33-41(54-58(49(9,10)11,39-29-23-19-24-30-39)40-31-25-20-26-32-40)43-37(2)45(55-57(15,16)48(6,7)8)50(12)34-42(53-46(51)44(43)50)38-27-21-17-18-22-28-38/h19-20,23-27,29-32,36-37,41-45H,17-18,21-22,28,33-35H2,1-16H3/t36-,37-,41-,42?,43+,44+,45+,50-/m0/s1. The number of ether oxygens (including phenoxy) is 1. The lowest BCUT2D eigenvalue weighted by atomic mass is 9.68. The van der Waals surface area contributed by atoms with Gasteiger partial charge in [0.15, 0.2) is 16.6 Å². The van der Waals surface area contributed by atoms with Crippen molar-refractivity contribution < 1.29 is 22.8 Å². The molecule has 8 atom stereocenters. The van der Waals surface area contributed by atoms with E-state index in [1.165, 1.54) is 28.8 Å². The van der Waals surface area contributed by atoms with E-state index in [-0.39, 0.29) is 63.1 Å². The Morgan fingerprint density at radius 1 is 0.793 bits per heavy atom. The first-order valence-corrected chi connectivity index (χ1v) is 30.5. The molecule has 0 spiro atoms. The van der Waals surface area contributed by atoms with Crippen molar-refractivity contribution in [3.05, 3.63) is 72.3 Å². The Labute approximate surface area is 358 Å². The van der Waals surface area contributed by atoms with Gasteiger partial charge in [-0.05, 0) is 108 Å². The van der Waals surface area contributed by atoms with E-state index in [4.69, 9.17) is 18.0 Å². The normalized spacial score (nSPS) is 27.6. The molecule has 324 valence electrons. The van der Waals surface area contributed by atoms with E-state index < -0.39 is 30.4 Å². The van der Waals surface area contributed by atoms with Crippen molar-refractivity contribution in [1.29, 1.82) is 0 Å². The van der Waals surface area contributed by atoms with Gasteiger partial charge < -0.3 is 18.0 Å². The smallest absolute Gasteiger partial charge is 0.310 e. The predicted molar refractivity (Wildman–Crippen MR) is 251 cm³/mol. The molecule has 0 radical (unpaired) electrons. The molecule has 0 aromatic heterocycles. The monoisotopic (exact) mass is 847 g/mol. The van der Waals surface area contributed by atoms with Gasteiger partial charge >= 0.3 is 5.97 Å². The second-order valence-corrected chi connectivity index (χ2v) is 36.8. The number of hydrogen-bond donors (Lipinski definition) is 0. The van der Waals surface area contributed by atoms with E-state index in [2.05, 4.69) is 176 Å². The number of benzene rings is 2. The summed E-state index contributed by atoms with van der Waals surface area (Å²) in [6.45, 7) is 38.3. The number of carbonyl (C=O) groups is 1. The van der Waals surface area contributed by atoms with Crippen molar-refractivity contribution >= 4 is 41.3 Å². The lowest BCUT2D eigenvalue weighted by Crippen LogP contribution is -2.68. The number of carbonyl (C=O) groups excluding carboxylic acids is 1. The van der Waals surface area contributed by atoms with Crippen LogP contribution in [0.2, 0.25) is 41.3 Å². The highest BCUT2D eigenvalue weighted by Crippen LogP contribution is 2.61. The summed E-state index contributed by atoms with van der Waals surface area (Å²) in [5.41, 5.74) is 0.907. The molecule has 2 aliphatic carbocycles. The number of allylic oxidation sites excluding steroid dienone is 1. The number of fused-ring (bicyclic) bond motifs is 1. The molecule has 5 rings (SSSR count). The van der Waals surface area contributed by atoms with E-state index in [0.29, 0.717) is 6.61 Å². The molecular formula is C50H82O5Si3. The fraction of sp³-hybridized carbons (Fsp3) is 0.700. The summed E-state index contributed by atoms with van der Waals surface area (Å²) in [4.78, 5) is 15.2. The fourth-order valence-corrected chi connectivity index (χ4v) is 17.4. The van der Waals surface area contributed by atoms with E-state index >= 15 is 4.79 Å². The van der Waals surface area contributed by atoms with Crippen molar-refractivity contribution in [3.63, 3.8) is 0 Å². The third-order valence-electron chi connectivity index (χ3n) is 15.5. The molecule has 0 bridgehead atoms. The fourth-order valence-electron chi connectivity index (χ4n) is 10.1. The van der Waals surface area contributed by atoms with Crippen molar-refractivity contribution in [1.82, 2.24) is 0 Å². The summed E-state index contributed by atoms with van der Waals surface area (Å²) in [7, 11) is -7.32. The van der Waals surface area contributed by atoms with Gasteiger partial charge in [0, 0.05) is 17.9 Å². The zero-order chi connectivity index (χ0) is 43.1. The molecule has 8 heteroatoms. The number of rotatable bonds is 13. The molecule has 2 aromatic carbocycles. The molecule has 58 heavy (non-hydrogen) atoms. The molecular weight excluding hydrogens is 765 g/mol. The predicted octanol–water partition coefficient (Wildman–Crippen LogP) is 12.5. The van der Waals surface area contributed by atoms with E-state index in [1.54, 1.807) is 0 Å². The summed E-state index contributed by atoms with van der Waals surface area (Å²) in [6, 6.07) is 22.0. The molecule has 1 saturated carbocycles. The minimum atomic E-state index is -3.04. The topological polar surface area (TPSA) is 54.0 Å². The van der Waals surface area contributed by atoms with Crippen LogP contribution in [0.5, 0.6) is 0 Å². The zero-order valence-corrected chi connectivity index (χ0v) is 42.6. The molecule has 0 amide bonds. The molecule has 1 heterocycles. The second kappa shape index (κ2) is 17.5. The average molecular weight is 847 g/mol. The summed E-state index contributed by atoms with van der Waals surface area (Å²) >= 11 is 0. The van der Waals surface area contributed by atoms with Crippen LogP contribution in [0, 0.1) is 29.1 Å². The van der Waals surface area contributed by atoms with Crippen molar-refractivity contribution in [2.75, 3.05) is 6.61 Å². The van der Waals surface area contributed by atoms with Crippen molar-refractivity contribution in [3.8, 4) is 0 Å². The van der Waals surface area contributed by atoms with Gasteiger partial charge in [-0.2, -0.15) is 0 Å². The summed E-state index contributed by atoms with van der Waals surface area (Å²) in [5, 5.41) is 2.44. The third kappa shape index (κ3) is 9.47. The molecule has 3 aliphatic rings. The summed E-state index contributed by atoms with van der Waals surface area (Å²) in [5.74, 6) is -0.233. The average Bonchev–Trinajstić information content (AvgIpc) is 3.29. The maximum Gasteiger partial charge on any atom is 0.310 e. The van der Waals surface area contributed by atoms with E-state index in [9.17, 15) is 0 Å². The highest BCUT2D eigenvalue weighted by Gasteiger charge is 2.67. The van der Waals surface area contributed by atoms with Crippen LogP contribution in [0.1, 0.15) is 128 Å². The number of esters is 1. The Bertz CT molecular complexity index is 1660. The van der Waals surface area contributed by atoms with Crippen LogP contribution in [0.4, 0.5) is 0 Å². The zero-order valence-electron chi connectivity index (χ0n) is 39.6. The van der Waals surface area contributed by atoms with E-state index in [1.807, 2.05) is 0 Å². The van der Waals surface area contributed by atoms with Gasteiger partial charge in [-0.15, -0.1) is 0 Å². The van der Waals surface area contributed by atoms with Crippen LogP contribution in [0.15, 0.2) is 72.3 Å². The van der Waals surface area contributed by atoms with Gasteiger partial charge in [-0.3, -0.25) is 4.79 Å². The van der Waals surface area contributed by atoms with Gasteiger partial charge in [-0.1, -0.05) is 156 Å². The molecule has 1 saturated heterocycles. The van der Waals surface area contributed by atoms with E-state index in [0.717, 1.165) is 32.1 Å². The molecule has 1 unspecified atom stereocenters. The molecule has 0 N–H and O–H groups in total. The Kier molecular flexibility index (Phi) is 14.3. The van der Waals surface area contributed by atoms with Gasteiger partial charge in [0.25, 0.3) is 8.32 Å². The highest BCUT2D eigenvalue weighted by molar-refractivity contribution is 6.99. The van der Waals surface area contributed by atoms with Crippen molar-refractivity contribution in [2.24, 2.45) is 29.1 Å². The Morgan fingerprint density at radius 3 is 1.86 bits per heavy atom. The maximum atomic E-state index is 15.2. The second-order valence-electron chi connectivity index (χ2n) is 23.0. The van der Waals surface area contributed by atoms with Crippen LogP contribution < -0.4 is 10.4 Å². The largest absolute Gasteiger partial charge is 0.458 e. The van der Waals surface area contributed by atoms with Crippen LogP contribution in [-0.2, 0) is 22.8 Å². The lowest BCUT2D eigenvalue weighted by molar-refractivity contribution is -0.174. The minimum absolute atomic E-state index is 0.0233. The minimum Gasteiger partial charge on any atom is -0.458 e. The van der Waals surface area contributed by atoms with Gasteiger partial charge in [0.2, 0.25) is 0 Å². The van der Waals surface area contributed by atoms with Gasteiger partial charge in [0.05, 0.1) is 18.1 Å². The van der Waals surface area contributed by atoms with Gasteiger partial charge in [0.1, 0.15) is 6.10 Å². The third-order valence-corrected chi connectivity index (χ3v) is 29.5. The Balaban J connectivity index is 1.70. The Hall–Kier alpha value is -1.82. The first kappa shape index (κ1) is 47.2. The van der Waals surface area contributed by atoms with Crippen LogP contribution in [-0.4, -0.2) is 55.8 Å². The molecule has 2 fully saturated rings. The number of hydrogen-bond acceptors (Lipinski definition) is 5. The number of cyclic esters (lactones) is 1. The first-order valence-electron chi connectivity index (χ1n) is 22.8. The van der Waals surface area contributed by atoms with Crippen molar-refractivity contribution in [2.45, 2.75) is 188 Å². The SMILES string of the molecule is C[C@H](CO[Si](C)(C)C(C)(C)C)C[C@H](O[Si](c1ccccc1)(c1ccccc1)C(C)(C)C)[C@H]1[C@H](C)[C@@H](O[Si](C)(C)C(C)(C)C)[C@@]2(C)CC(C3=CCCCCC3)OC(=O)[C@@H]12. The first-order chi connectivity index (χ1) is 26.8. The Morgan fingerprint density at radius 2 is 1.34 bits per heavy atom. The van der Waals surface area contributed by atoms with Crippen LogP contribution in [0.3, 0.4) is 0 Å². The maximum absolute atomic E-state index is 15.2. The molecule has 1 aliphatic heterocycles. The molecule has 2 aromatic rings. The van der Waals surface area contributed by atoms with Crippen LogP contribution in [0.25, 0.3) is 0 Å².